The summed E-state index contributed by atoms with van der Waals surface area (Å²) in [5.41, 5.74) is 4.09. The molecule has 1 atom stereocenters. The Morgan fingerprint density at radius 2 is 1.76 bits per heavy atom. The molecular weight excluding hydrogens is 208 g/mol. The van der Waals surface area contributed by atoms with E-state index in [1.165, 1.54) is 42.6 Å². The summed E-state index contributed by atoms with van der Waals surface area (Å²) in [6.45, 7) is 6.69. The summed E-state index contributed by atoms with van der Waals surface area (Å²) in [4.78, 5) is 2.47. The summed E-state index contributed by atoms with van der Waals surface area (Å²) >= 11 is 0. The van der Waals surface area contributed by atoms with Gasteiger partial charge in [-0.1, -0.05) is 6.07 Å². The fourth-order valence-corrected chi connectivity index (χ4v) is 2.75. The maximum absolute atomic E-state index is 3.48. The van der Waals surface area contributed by atoms with Gasteiger partial charge in [-0.2, -0.15) is 0 Å². The first kappa shape index (κ1) is 12.4. The molecule has 0 aromatic heterocycles. The maximum atomic E-state index is 3.48. The number of anilines is 1. The topological polar surface area (TPSA) is 15.3 Å². The molecule has 1 aromatic rings. The molecule has 1 saturated heterocycles. The van der Waals surface area contributed by atoms with E-state index in [2.05, 4.69) is 49.3 Å². The summed E-state index contributed by atoms with van der Waals surface area (Å²) in [6.07, 6.45) is 3.85. The van der Waals surface area contributed by atoms with Gasteiger partial charge in [0.2, 0.25) is 0 Å². The van der Waals surface area contributed by atoms with Gasteiger partial charge in [0.25, 0.3) is 0 Å². The average Bonchev–Trinajstić information content (AvgIpc) is 2.55. The van der Waals surface area contributed by atoms with Gasteiger partial charge in [-0.15, -0.1) is 0 Å². The molecule has 1 fully saturated rings. The highest BCUT2D eigenvalue weighted by molar-refractivity contribution is 5.51. The zero-order valence-electron chi connectivity index (χ0n) is 11.3. The quantitative estimate of drug-likeness (QED) is 0.843. The summed E-state index contributed by atoms with van der Waals surface area (Å²) < 4.78 is 0. The highest BCUT2D eigenvalue weighted by atomic mass is 15.1. The van der Waals surface area contributed by atoms with Crippen LogP contribution in [-0.2, 0) is 0 Å². The van der Waals surface area contributed by atoms with Gasteiger partial charge < -0.3 is 10.2 Å². The van der Waals surface area contributed by atoms with E-state index in [1.54, 1.807) is 0 Å². The van der Waals surface area contributed by atoms with Gasteiger partial charge in [0, 0.05) is 18.8 Å². The molecule has 1 aliphatic rings. The molecular formula is C15H24N2. The Labute approximate surface area is 105 Å². The van der Waals surface area contributed by atoms with Crippen molar-refractivity contribution in [1.29, 1.82) is 0 Å². The third-order valence-electron chi connectivity index (χ3n) is 3.71. The van der Waals surface area contributed by atoms with Crippen molar-refractivity contribution < 1.29 is 0 Å². The van der Waals surface area contributed by atoms with E-state index >= 15 is 0 Å². The van der Waals surface area contributed by atoms with E-state index in [-0.39, 0.29) is 0 Å². The average molecular weight is 232 g/mol. The van der Waals surface area contributed by atoms with E-state index < -0.39 is 0 Å². The monoisotopic (exact) mass is 232 g/mol. The van der Waals surface area contributed by atoms with Crippen LogP contribution in [0.15, 0.2) is 18.2 Å². The lowest BCUT2D eigenvalue weighted by atomic mass is 10.1. The predicted molar refractivity (Wildman–Crippen MR) is 74.8 cm³/mol. The van der Waals surface area contributed by atoms with Crippen LogP contribution in [0.2, 0.25) is 0 Å². The zero-order chi connectivity index (χ0) is 12.3. The van der Waals surface area contributed by atoms with Gasteiger partial charge in [-0.3, -0.25) is 0 Å². The standard InChI is InChI=1S/C15H24N2/c1-12-9-13(2)11-15(10-12)17(3)14-5-4-7-16-8-6-14/h9-11,14,16H,4-8H2,1-3H3. The molecule has 1 aromatic carbocycles. The number of nitrogens with zero attached hydrogens (tertiary/aromatic N) is 1. The molecule has 0 radical (unpaired) electrons. The minimum absolute atomic E-state index is 0.686. The first-order chi connectivity index (χ1) is 8.16. The maximum Gasteiger partial charge on any atom is 0.0371 e. The first-order valence-electron chi connectivity index (χ1n) is 6.68. The third-order valence-corrected chi connectivity index (χ3v) is 3.71. The van der Waals surface area contributed by atoms with Crippen LogP contribution >= 0.6 is 0 Å². The van der Waals surface area contributed by atoms with Gasteiger partial charge in [-0.25, -0.2) is 0 Å². The van der Waals surface area contributed by atoms with Crippen LogP contribution in [0, 0.1) is 13.8 Å². The third kappa shape index (κ3) is 3.22. The summed E-state index contributed by atoms with van der Waals surface area (Å²) in [6, 6.07) is 7.52. The lowest BCUT2D eigenvalue weighted by Gasteiger charge is -2.29. The van der Waals surface area contributed by atoms with Crippen LogP contribution in [0.25, 0.3) is 0 Å². The van der Waals surface area contributed by atoms with Crippen LogP contribution in [0.1, 0.15) is 30.4 Å². The van der Waals surface area contributed by atoms with Gasteiger partial charge in [0.05, 0.1) is 0 Å². The SMILES string of the molecule is Cc1cc(C)cc(N(C)C2CCCNCC2)c1. The van der Waals surface area contributed by atoms with E-state index in [1.807, 2.05) is 0 Å². The van der Waals surface area contributed by atoms with Crippen molar-refractivity contribution in [1.82, 2.24) is 5.32 Å². The van der Waals surface area contributed by atoms with Crippen LogP contribution in [0.4, 0.5) is 5.69 Å². The number of hydrogen-bond acceptors (Lipinski definition) is 2. The predicted octanol–water partition coefficient (Wildman–Crippen LogP) is 2.88. The van der Waals surface area contributed by atoms with Gasteiger partial charge >= 0.3 is 0 Å². The normalized spacial score (nSPS) is 21.0. The Morgan fingerprint density at radius 1 is 1.06 bits per heavy atom. The van der Waals surface area contributed by atoms with E-state index in [0.717, 1.165) is 6.54 Å². The minimum Gasteiger partial charge on any atom is -0.372 e. The van der Waals surface area contributed by atoms with Crippen molar-refractivity contribution in [3.63, 3.8) is 0 Å². The molecule has 1 aliphatic heterocycles. The number of rotatable bonds is 2. The summed E-state index contributed by atoms with van der Waals surface area (Å²) in [5.74, 6) is 0. The second-order valence-electron chi connectivity index (χ2n) is 5.29. The molecule has 94 valence electrons. The van der Waals surface area contributed by atoms with Crippen molar-refractivity contribution in [3.8, 4) is 0 Å². The van der Waals surface area contributed by atoms with E-state index in [0.29, 0.717) is 6.04 Å². The number of hydrogen-bond donors (Lipinski definition) is 1. The minimum atomic E-state index is 0.686. The van der Waals surface area contributed by atoms with Crippen LogP contribution < -0.4 is 10.2 Å². The van der Waals surface area contributed by atoms with Crippen molar-refractivity contribution in [3.05, 3.63) is 29.3 Å². The Morgan fingerprint density at radius 3 is 2.47 bits per heavy atom. The smallest absolute Gasteiger partial charge is 0.0371 e. The Hall–Kier alpha value is -1.02. The second kappa shape index (κ2) is 5.54. The van der Waals surface area contributed by atoms with Crippen molar-refractivity contribution in [2.75, 3.05) is 25.0 Å². The van der Waals surface area contributed by atoms with E-state index in [4.69, 9.17) is 0 Å². The lowest BCUT2D eigenvalue weighted by Crippen LogP contribution is -2.32. The number of aryl methyl sites for hydroxylation is 2. The number of benzene rings is 1. The lowest BCUT2D eigenvalue weighted by molar-refractivity contribution is 0.566. The Kier molecular flexibility index (Phi) is 4.06. The molecule has 0 saturated carbocycles. The summed E-state index contributed by atoms with van der Waals surface area (Å²) in [7, 11) is 2.24. The molecule has 0 aliphatic carbocycles. The van der Waals surface area contributed by atoms with Crippen LogP contribution in [0.5, 0.6) is 0 Å². The molecule has 2 rings (SSSR count). The van der Waals surface area contributed by atoms with Crippen LogP contribution in [0.3, 0.4) is 0 Å². The Balaban J connectivity index is 2.14. The molecule has 0 amide bonds. The van der Waals surface area contributed by atoms with Crippen molar-refractivity contribution in [2.45, 2.75) is 39.2 Å². The van der Waals surface area contributed by atoms with Crippen molar-refractivity contribution in [2.24, 2.45) is 0 Å². The largest absolute Gasteiger partial charge is 0.372 e. The molecule has 0 bridgehead atoms. The summed E-state index contributed by atoms with van der Waals surface area (Å²) in [5, 5.41) is 3.48. The molecule has 17 heavy (non-hydrogen) atoms. The highest BCUT2D eigenvalue weighted by Gasteiger charge is 2.17. The highest BCUT2D eigenvalue weighted by Crippen LogP contribution is 2.23. The molecule has 0 spiro atoms. The fraction of sp³-hybridized carbons (Fsp3) is 0.600. The number of nitrogens with one attached hydrogen (secondary N) is 1. The molecule has 1 unspecified atom stereocenters. The van der Waals surface area contributed by atoms with E-state index in [9.17, 15) is 0 Å². The molecule has 2 heteroatoms. The van der Waals surface area contributed by atoms with Gasteiger partial charge in [0.15, 0.2) is 0 Å². The Bertz CT molecular complexity index is 345. The van der Waals surface area contributed by atoms with Gasteiger partial charge in [0.1, 0.15) is 0 Å². The van der Waals surface area contributed by atoms with Crippen LogP contribution in [-0.4, -0.2) is 26.2 Å². The second-order valence-corrected chi connectivity index (χ2v) is 5.29. The molecule has 2 nitrogen and oxygen atoms in total. The first-order valence-corrected chi connectivity index (χ1v) is 6.68. The molecule has 1 heterocycles. The van der Waals surface area contributed by atoms with Gasteiger partial charge in [-0.05, 0) is 69.5 Å². The van der Waals surface area contributed by atoms with Crippen molar-refractivity contribution >= 4 is 5.69 Å². The zero-order valence-corrected chi connectivity index (χ0v) is 11.3. The molecule has 1 N–H and O–H groups in total. The fourth-order valence-electron chi connectivity index (χ4n) is 2.75.